The number of H-pyrrole nitrogens is 1. The van der Waals surface area contributed by atoms with Crippen LogP contribution >= 0.6 is 0 Å². The Bertz CT molecular complexity index is 1840. The molecule has 1 aliphatic rings. The molecule has 0 aliphatic carbocycles. The van der Waals surface area contributed by atoms with Gasteiger partial charge < -0.3 is 34.3 Å². The lowest BCUT2D eigenvalue weighted by molar-refractivity contribution is -0.135. The molecule has 2 aromatic heterocycles. The second kappa shape index (κ2) is 8.84. The van der Waals surface area contributed by atoms with Gasteiger partial charge in [-0.05, 0) is 42.5 Å². The molecule has 1 atom stereocenters. The highest BCUT2D eigenvalue weighted by atomic mass is 16.5. The highest BCUT2D eigenvalue weighted by Crippen LogP contribution is 2.48. The third-order valence-electron chi connectivity index (χ3n) is 6.73. The normalized spacial score (nSPS) is 14.7. The maximum atomic E-state index is 13.3. The van der Waals surface area contributed by atoms with Crippen molar-refractivity contribution in [1.82, 2.24) is 10.2 Å². The van der Waals surface area contributed by atoms with Gasteiger partial charge in [-0.3, -0.25) is 14.7 Å². The second-order valence-corrected chi connectivity index (χ2v) is 8.98. The number of phenolic OH excluding ortho intramolecular Hbond substituents is 3. The molecule has 0 amide bonds. The third kappa shape index (κ3) is 3.79. The fourth-order valence-corrected chi connectivity index (χ4v) is 4.86. The van der Waals surface area contributed by atoms with Crippen molar-refractivity contribution in [3.8, 4) is 57.1 Å². The number of carbonyl (C=O) groups is 1. The second-order valence-electron chi connectivity index (χ2n) is 8.98. The molecular formula is C28H20N2O9. The van der Waals surface area contributed by atoms with Gasteiger partial charge in [0.15, 0.2) is 17.3 Å². The zero-order valence-corrected chi connectivity index (χ0v) is 20.3. The minimum Gasteiger partial charge on any atom is -0.507 e. The number of ether oxygens (including phenoxy) is 2. The highest BCUT2D eigenvalue weighted by Gasteiger charge is 2.36. The molecule has 0 bridgehead atoms. The van der Waals surface area contributed by atoms with Gasteiger partial charge in [0.05, 0.1) is 25.4 Å². The van der Waals surface area contributed by atoms with Crippen LogP contribution in [0.4, 0.5) is 0 Å². The number of methoxy groups -OCH3 is 1. The number of hydrogen-bond donors (Lipinski definition) is 5. The largest absolute Gasteiger partial charge is 0.507 e. The lowest BCUT2D eigenvalue weighted by Crippen LogP contribution is -2.22. The smallest absolute Gasteiger partial charge is 0.312 e. The molecule has 11 heteroatoms. The Morgan fingerprint density at radius 1 is 0.949 bits per heavy atom. The van der Waals surface area contributed by atoms with E-state index in [-0.39, 0.29) is 34.5 Å². The van der Waals surface area contributed by atoms with Crippen molar-refractivity contribution in [3.05, 3.63) is 76.1 Å². The lowest BCUT2D eigenvalue weighted by atomic mass is 9.84. The molecule has 6 rings (SSSR count). The van der Waals surface area contributed by atoms with E-state index >= 15 is 0 Å². The number of carbonyl (C=O) groups excluding carboxylic acids is 1. The Morgan fingerprint density at radius 3 is 2.41 bits per heavy atom. The number of nitrogens with one attached hydrogen (secondary N) is 1. The molecule has 39 heavy (non-hydrogen) atoms. The Morgan fingerprint density at radius 2 is 1.69 bits per heavy atom. The zero-order valence-electron chi connectivity index (χ0n) is 20.3. The Kier molecular flexibility index (Phi) is 5.42. The molecule has 0 spiro atoms. The molecule has 3 aromatic carbocycles. The number of esters is 1. The van der Waals surface area contributed by atoms with Crippen LogP contribution in [0.5, 0.6) is 34.5 Å². The fraction of sp³-hybridized carbons (Fsp3) is 0.107. The quantitative estimate of drug-likeness (QED) is 0.130. The van der Waals surface area contributed by atoms with E-state index in [2.05, 4.69) is 10.2 Å². The summed E-state index contributed by atoms with van der Waals surface area (Å²) in [5.74, 6) is -3.23. The first-order valence-corrected chi connectivity index (χ1v) is 11.7. The van der Waals surface area contributed by atoms with Crippen molar-refractivity contribution in [1.29, 1.82) is 0 Å². The summed E-state index contributed by atoms with van der Waals surface area (Å²) in [5, 5.41) is 47.9. The summed E-state index contributed by atoms with van der Waals surface area (Å²) in [7, 11) is 1.56. The van der Waals surface area contributed by atoms with E-state index in [0.29, 0.717) is 22.6 Å². The van der Waals surface area contributed by atoms with Crippen LogP contribution in [0, 0.1) is 0 Å². The van der Waals surface area contributed by atoms with Crippen LogP contribution < -0.4 is 14.9 Å². The number of rotatable bonds is 4. The molecule has 5 aromatic rings. The molecule has 0 saturated carbocycles. The summed E-state index contributed by atoms with van der Waals surface area (Å²) in [5.41, 5.74) is 1.29. The predicted octanol–water partition coefficient (Wildman–Crippen LogP) is 4.12. The number of benzene rings is 3. The van der Waals surface area contributed by atoms with Crippen LogP contribution in [0.25, 0.3) is 33.6 Å². The molecule has 11 nitrogen and oxygen atoms in total. The molecule has 0 saturated heterocycles. The summed E-state index contributed by atoms with van der Waals surface area (Å²) in [4.78, 5) is 25.9. The molecule has 1 aliphatic heterocycles. The Balaban J connectivity index is 1.62. The number of aromatic amines is 1. The van der Waals surface area contributed by atoms with E-state index < -0.39 is 40.3 Å². The monoisotopic (exact) mass is 528 g/mol. The van der Waals surface area contributed by atoms with Crippen molar-refractivity contribution in [2.24, 2.45) is 0 Å². The van der Waals surface area contributed by atoms with Crippen LogP contribution in [0.3, 0.4) is 0 Å². The van der Waals surface area contributed by atoms with Gasteiger partial charge in [0.25, 0.3) is 0 Å². The maximum absolute atomic E-state index is 13.3. The van der Waals surface area contributed by atoms with E-state index in [1.54, 1.807) is 25.4 Å². The fourth-order valence-electron chi connectivity index (χ4n) is 4.86. The average Bonchev–Trinajstić information content (AvgIpc) is 3.41. The van der Waals surface area contributed by atoms with Gasteiger partial charge in [-0.2, -0.15) is 5.10 Å². The van der Waals surface area contributed by atoms with E-state index in [9.17, 15) is 30.0 Å². The summed E-state index contributed by atoms with van der Waals surface area (Å²) in [6.45, 7) is 0. The third-order valence-corrected chi connectivity index (χ3v) is 6.73. The van der Waals surface area contributed by atoms with Crippen LogP contribution in [-0.2, 0) is 4.79 Å². The minimum atomic E-state index is -0.933. The Labute approximate surface area is 219 Å². The summed E-state index contributed by atoms with van der Waals surface area (Å²) < 4.78 is 16.7. The molecule has 0 radical (unpaired) electrons. The van der Waals surface area contributed by atoms with Gasteiger partial charge in [-0.25, -0.2) is 0 Å². The van der Waals surface area contributed by atoms with E-state index in [1.165, 1.54) is 12.1 Å². The van der Waals surface area contributed by atoms with Crippen LogP contribution in [-0.4, -0.2) is 43.7 Å². The molecule has 196 valence electrons. The number of aromatic nitrogens is 2. The summed E-state index contributed by atoms with van der Waals surface area (Å²) in [6, 6.07) is 11.9. The molecule has 3 heterocycles. The van der Waals surface area contributed by atoms with Crippen molar-refractivity contribution in [2.75, 3.05) is 7.11 Å². The van der Waals surface area contributed by atoms with E-state index in [4.69, 9.17) is 13.9 Å². The van der Waals surface area contributed by atoms with Crippen molar-refractivity contribution < 1.29 is 39.1 Å². The first-order chi connectivity index (χ1) is 18.8. The van der Waals surface area contributed by atoms with Gasteiger partial charge in [-0.1, -0.05) is 0 Å². The highest BCUT2D eigenvalue weighted by molar-refractivity contribution is 5.94. The lowest BCUT2D eigenvalue weighted by Gasteiger charge is -2.26. The minimum absolute atomic E-state index is 0.0172. The molecule has 5 N–H and O–H groups in total. The van der Waals surface area contributed by atoms with Crippen molar-refractivity contribution >= 4 is 16.9 Å². The molecule has 0 fully saturated rings. The van der Waals surface area contributed by atoms with Gasteiger partial charge >= 0.3 is 5.97 Å². The zero-order chi connectivity index (χ0) is 27.4. The number of aromatic hydroxyl groups is 4. The SMILES string of the molecule is COc1ccc(-c2[nH]ncc2[C@@H]2CC(=O)Oc3cc(O)c4c(=O)c(O)c(-c5ccc(O)c(O)c5)oc4c32)cc1. The van der Waals surface area contributed by atoms with Crippen molar-refractivity contribution in [3.63, 3.8) is 0 Å². The van der Waals surface area contributed by atoms with E-state index in [0.717, 1.165) is 17.7 Å². The summed E-state index contributed by atoms with van der Waals surface area (Å²) in [6.07, 6.45) is 1.43. The van der Waals surface area contributed by atoms with Crippen LogP contribution in [0.2, 0.25) is 0 Å². The first kappa shape index (κ1) is 23.9. The molecular weight excluding hydrogens is 508 g/mol. The average molecular weight is 528 g/mol. The standard InChI is InChI=1S/C28H20N2O9/c1-37-14-5-2-12(3-6-14)24-16(11-29-30-24)15-9-21(34)38-20-10-19(33)23-25(35)26(36)27(39-28(23)22(15)20)13-4-7-17(31)18(32)8-13/h2-8,10-11,15,31-33,36H,9H2,1H3,(H,29,30)/t15-/m0/s1. The van der Waals surface area contributed by atoms with Gasteiger partial charge in [0.1, 0.15) is 28.2 Å². The number of phenols is 3. The first-order valence-electron chi connectivity index (χ1n) is 11.7. The summed E-state index contributed by atoms with van der Waals surface area (Å²) >= 11 is 0. The maximum Gasteiger partial charge on any atom is 0.312 e. The Hall–Kier alpha value is -5.45. The van der Waals surface area contributed by atoms with Gasteiger partial charge in [-0.15, -0.1) is 0 Å². The molecule has 0 unspecified atom stereocenters. The topological polar surface area (TPSA) is 175 Å². The van der Waals surface area contributed by atoms with Crippen molar-refractivity contribution in [2.45, 2.75) is 12.3 Å². The van der Waals surface area contributed by atoms with Crippen LogP contribution in [0.1, 0.15) is 23.5 Å². The number of hydrogen-bond acceptors (Lipinski definition) is 10. The van der Waals surface area contributed by atoms with E-state index in [1.807, 2.05) is 12.1 Å². The van der Waals surface area contributed by atoms with Gasteiger partial charge in [0.2, 0.25) is 11.2 Å². The van der Waals surface area contributed by atoms with Crippen LogP contribution in [0.15, 0.2) is 63.9 Å². The van der Waals surface area contributed by atoms with Gasteiger partial charge in [0, 0.05) is 34.2 Å². The predicted molar refractivity (Wildman–Crippen MR) is 137 cm³/mol. The number of fused-ring (bicyclic) bond motifs is 3. The number of nitrogens with zero attached hydrogens (tertiary/aromatic N) is 1.